The number of Topliss-reactive ketones (excluding diaryl/α,β-unsaturated/α-hetero) is 1. The number of hydrogen-bond acceptors (Lipinski definition) is 3. The second-order valence-electron chi connectivity index (χ2n) is 5.74. The molecule has 0 aromatic carbocycles. The Kier molecular flexibility index (Phi) is 9.10. The molecule has 0 bridgehead atoms. The third kappa shape index (κ3) is 6.53. The summed E-state index contributed by atoms with van der Waals surface area (Å²) in [6, 6.07) is 0.146. The Morgan fingerprint density at radius 3 is 2.58 bits per heavy atom. The van der Waals surface area contributed by atoms with Crippen LogP contribution in [0.5, 0.6) is 0 Å². The van der Waals surface area contributed by atoms with Crippen LogP contribution in [0.4, 0.5) is 0 Å². The Labute approximate surface area is 119 Å². The quantitative estimate of drug-likeness (QED) is 0.618. The summed E-state index contributed by atoms with van der Waals surface area (Å²) >= 11 is 0. The van der Waals surface area contributed by atoms with E-state index in [1.165, 1.54) is 38.5 Å². The second kappa shape index (κ2) is 10.4. The molecule has 0 saturated carbocycles. The number of carbonyl (C=O) groups is 1. The Morgan fingerprint density at radius 1 is 1.11 bits per heavy atom. The molecule has 3 heteroatoms. The lowest BCUT2D eigenvalue weighted by Gasteiger charge is -2.35. The maximum Gasteiger partial charge on any atom is 0.151 e. The smallest absolute Gasteiger partial charge is 0.151 e. The minimum atomic E-state index is 0.146. The highest BCUT2D eigenvalue weighted by Gasteiger charge is 2.27. The van der Waals surface area contributed by atoms with Crippen molar-refractivity contribution in [2.24, 2.45) is 0 Å². The predicted molar refractivity (Wildman–Crippen MR) is 81.5 cm³/mol. The maximum atomic E-state index is 12.3. The van der Waals surface area contributed by atoms with Crippen LogP contribution in [0.1, 0.15) is 65.2 Å². The summed E-state index contributed by atoms with van der Waals surface area (Å²) in [5.74, 6) is 0.458. The molecule has 0 aromatic heterocycles. The summed E-state index contributed by atoms with van der Waals surface area (Å²) < 4.78 is 0. The van der Waals surface area contributed by atoms with Gasteiger partial charge >= 0.3 is 0 Å². The number of rotatable bonds is 10. The first kappa shape index (κ1) is 16.6. The van der Waals surface area contributed by atoms with E-state index in [1.54, 1.807) is 0 Å². The van der Waals surface area contributed by atoms with E-state index in [1.807, 2.05) is 0 Å². The molecule has 1 unspecified atom stereocenters. The molecule has 1 aliphatic heterocycles. The van der Waals surface area contributed by atoms with Crippen LogP contribution >= 0.6 is 0 Å². The lowest BCUT2D eigenvalue weighted by Crippen LogP contribution is -2.55. The van der Waals surface area contributed by atoms with Crippen LogP contribution in [0, 0.1) is 0 Å². The number of unbranched alkanes of at least 4 members (excludes halogenated alkanes) is 5. The summed E-state index contributed by atoms with van der Waals surface area (Å²) in [5, 5.41) is 3.38. The lowest BCUT2D eigenvalue weighted by atomic mass is 10.0. The molecule has 0 spiro atoms. The second-order valence-corrected chi connectivity index (χ2v) is 5.74. The number of ketones is 1. The third-order valence-corrected chi connectivity index (χ3v) is 4.05. The molecule has 1 N–H and O–H groups in total. The highest BCUT2D eigenvalue weighted by molar-refractivity contribution is 5.84. The van der Waals surface area contributed by atoms with E-state index in [4.69, 9.17) is 0 Å². The molecule has 1 saturated heterocycles. The molecule has 1 fully saturated rings. The van der Waals surface area contributed by atoms with E-state index in [9.17, 15) is 4.79 Å². The number of hydrogen-bond donors (Lipinski definition) is 1. The van der Waals surface area contributed by atoms with Gasteiger partial charge in [-0.2, -0.15) is 0 Å². The van der Waals surface area contributed by atoms with Crippen molar-refractivity contribution < 1.29 is 4.79 Å². The van der Waals surface area contributed by atoms with Gasteiger partial charge in [0.05, 0.1) is 6.04 Å². The van der Waals surface area contributed by atoms with Crippen molar-refractivity contribution >= 4 is 5.78 Å². The maximum absolute atomic E-state index is 12.3. The topological polar surface area (TPSA) is 32.3 Å². The average molecular weight is 268 g/mol. The van der Waals surface area contributed by atoms with Crippen molar-refractivity contribution in [2.45, 2.75) is 71.3 Å². The van der Waals surface area contributed by atoms with Gasteiger partial charge in [0.15, 0.2) is 5.78 Å². The third-order valence-electron chi connectivity index (χ3n) is 4.05. The van der Waals surface area contributed by atoms with Crippen LogP contribution in [-0.2, 0) is 4.79 Å². The van der Waals surface area contributed by atoms with E-state index in [2.05, 4.69) is 24.1 Å². The van der Waals surface area contributed by atoms with Crippen molar-refractivity contribution in [1.82, 2.24) is 10.2 Å². The minimum absolute atomic E-state index is 0.146. The van der Waals surface area contributed by atoms with Crippen LogP contribution < -0.4 is 5.32 Å². The predicted octanol–water partition coefficient (Wildman–Crippen LogP) is 2.99. The zero-order valence-electron chi connectivity index (χ0n) is 12.9. The summed E-state index contributed by atoms with van der Waals surface area (Å²) in [6.45, 7) is 8.47. The van der Waals surface area contributed by atoms with E-state index in [0.717, 1.165) is 39.0 Å². The van der Waals surface area contributed by atoms with E-state index in [-0.39, 0.29) is 6.04 Å². The van der Waals surface area contributed by atoms with Gasteiger partial charge in [0, 0.05) is 26.1 Å². The van der Waals surface area contributed by atoms with Gasteiger partial charge in [0.2, 0.25) is 0 Å². The number of piperazine rings is 1. The Bertz CT molecular complexity index is 243. The van der Waals surface area contributed by atoms with Crippen molar-refractivity contribution in [2.75, 3.05) is 26.2 Å². The number of nitrogens with one attached hydrogen (secondary N) is 1. The van der Waals surface area contributed by atoms with Gasteiger partial charge in [-0.3, -0.25) is 9.69 Å². The Morgan fingerprint density at radius 2 is 1.84 bits per heavy atom. The van der Waals surface area contributed by atoms with Gasteiger partial charge in [0.1, 0.15) is 0 Å². The standard InChI is InChI=1S/C16H32N2O/c1-3-5-7-8-10-16(19)15-14-17-11-13-18(15)12-9-6-4-2/h15,17H,3-14H2,1-2H3. The SMILES string of the molecule is CCCCCCC(=O)C1CNCCN1CCCCC. The highest BCUT2D eigenvalue weighted by atomic mass is 16.1. The van der Waals surface area contributed by atoms with Crippen LogP contribution in [0.15, 0.2) is 0 Å². The Balaban J connectivity index is 2.31. The number of carbonyl (C=O) groups excluding carboxylic acids is 1. The molecule has 1 atom stereocenters. The molecule has 3 nitrogen and oxygen atoms in total. The molecule has 0 aromatic rings. The fourth-order valence-electron chi connectivity index (χ4n) is 2.79. The monoisotopic (exact) mass is 268 g/mol. The molecular formula is C16H32N2O. The zero-order chi connectivity index (χ0) is 13.9. The molecule has 0 aliphatic carbocycles. The van der Waals surface area contributed by atoms with E-state index in [0.29, 0.717) is 5.78 Å². The van der Waals surface area contributed by atoms with E-state index >= 15 is 0 Å². The largest absolute Gasteiger partial charge is 0.313 e. The van der Waals surface area contributed by atoms with Crippen molar-refractivity contribution in [3.05, 3.63) is 0 Å². The first-order valence-electron chi connectivity index (χ1n) is 8.27. The summed E-state index contributed by atoms with van der Waals surface area (Å²) in [7, 11) is 0. The fraction of sp³-hybridized carbons (Fsp3) is 0.938. The first-order valence-corrected chi connectivity index (χ1v) is 8.27. The fourth-order valence-corrected chi connectivity index (χ4v) is 2.79. The van der Waals surface area contributed by atoms with Crippen LogP contribution in [0.3, 0.4) is 0 Å². The lowest BCUT2D eigenvalue weighted by molar-refractivity contribution is -0.125. The zero-order valence-corrected chi connectivity index (χ0v) is 12.9. The molecule has 19 heavy (non-hydrogen) atoms. The Hall–Kier alpha value is -0.410. The van der Waals surface area contributed by atoms with Gasteiger partial charge in [-0.05, 0) is 19.4 Å². The molecule has 1 aliphatic rings. The average Bonchev–Trinajstić information content (AvgIpc) is 2.44. The normalized spacial score (nSPS) is 20.6. The summed E-state index contributed by atoms with van der Waals surface area (Å²) in [6.07, 6.45) is 9.32. The molecule has 1 heterocycles. The summed E-state index contributed by atoms with van der Waals surface area (Å²) in [5.41, 5.74) is 0. The van der Waals surface area contributed by atoms with Gasteiger partial charge in [-0.15, -0.1) is 0 Å². The first-order chi connectivity index (χ1) is 9.29. The van der Waals surface area contributed by atoms with Gasteiger partial charge in [-0.25, -0.2) is 0 Å². The minimum Gasteiger partial charge on any atom is -0.313 e. The van der Waals surface area contributed by atoms with Gasteiger partial charge < -0.3 is 5.32 Å². The van der Waals surface area contributed by atoms with Crippen molar-refractivity contribution in [1.29, 1.82) is 0 Å². The van der Waals surface area contributed by atoms with Crippen LogP contribution in [-0.4, -0.2) is 42.9 Å². The molecular weight excluding hydrogens is 236 g/mol. The number of nitrogens with zero attached hydrogens (tertiary/aromatic N) is 1. The van der Waals surface area contributed by atoms with Gasteiger partial charge in [-0.1, -0.05) is 46.0 Å². The highest BCUT2D eigenvalue weighted by Crippen LogP contribution is 2.12. The molecule has 0 amide bonds. The van der Waals surface area contributed by atoms with Gasteiger partial charge in [0.25, 0.3) is 0 Å². The molecule has 1 rings (SSSR count). The van der Waals surface area contributed by atoms with Crippen molar-refractivity contribution in [3.8, 4) is 0 Å². The van der Waals surface area contributed by atoms with Crippen LogP contribution in [0.2, 0.25) is 0 Å². The van der Waals surface area contributed by atoms with Crippen molar-refractivity contribution in [3.63, 3.8) is 0 Å². The summed E-state index contributed by atoms with van der Waals surface area (Å²) in [4.78, 5) is 14.7. The molecule has 112 valence electrons. The van der Waals surface area contributed by atoms with Crippen LogP contribution in [0.25, 0.3) is 0 Å². The molecule has 0 radical (unpaired) electrons. The van der Waals surface area contributed by atoms with E-state index < -0.39 is 0 Å².